The second kappa shape index (κ2) is 4.31. The van der Waals surface area contributed by atoms with Gasteiger partial charge in [-0.2, -0.15) is 0 Å². The first-order valence-corrected chi connectivity index (χ1v) is 5.70. The van der Waals surface area contributed by atoms with Crippen LogP contribution >= 0.6 is 0 Å². The zero-order valence-corrected chi connectivity index (χ0v) is 9.66. The molecule has 0 spiro atoms. The highest BCUT2D eigenvalue weighted by atomic mass is 16.6. The van der Waals surface area contributed by atoms with E-state index in [2.05, 4.69) is 34.1 Å². The minimum Gasteiger partial charge on any atom is -0.308 e. The van der Waals surface area contributed by atoms with Gasteiger partial charge in [0.05, 0.1) is 0 Å². The van der Waals surface area contributed by atoms with Crippen LogP contribution in [0.2, 0.25) is 0 Å². The van der Waals surface area contributed by atoms with Crippen molar-refractivity contribution in [1.29, 1.82) is 0 Å². The molecular formula is C11H19N3O. The fraction of sp³-hybridized carbons (Fsp3) is 0.818. The molecule has 4 nitrogen and oxygen atoms in total. The number of nitrogens with one attached hydrogen (secondary N) is 1. The van der Waals surface area contributed by atoms with Crippen LogP contribution in [-0.4, -0.2) is 16.4 Å². The lowest BCUT2D eigenvalue weighted by Crippen LogP contribution is -2.32. The molecule has 1 fully saturated rings. The van der Waals surface area contributed by atoms with Crippen molar-refractivity contribution in [1.82, 2.24) is 15.6 Å². The maximum absolute atomic E-state index is 4.67. The third kappa shape index (κ3) is 2.20. The molecule has 84 valence electrons. The van der Waals surface area contributed by atoms with Crippen LogP contribution in [0.15, 0.2) is 4.63 Å². The van der Waals surface area contributed by atoms with Crippen molar-refractivity contribution >= 4 is 0 Å². The molecule has 1 aromatic heterocycles. The van der Waals surface area contributed by atoms with Crippen LogP contribution < -0.4 is 5.32 Å². The smallest absolute Gasteiger partial charge is 0.121 e. The molecule has 0 radical (unpaired) electrons. The average Bonchev–Trinajstić information content (AvgIpc) is 2.74. The molecule has 3 unspecified atom stereocenters. The molecule has 1 N–H and O–H groups in total. The zero-order chi connectivity index (χ0) is 10.8. The fourth-order valence-corrected chi connectivity index (χ4v) is 2.29. The number of aryl methyl sites for hydroxylation is 1. The third-order valence-corrected chi connectivity index (χ3v) is 3.74. The Balaban J connectivity index is 1.86. The Hall–Kier alpha value is -0.900. The van der Waals surface area contributed by atoms with Crippen molar-refractivity contribution < 1.29 is 4.63 Å². The minimum absolute atomic E-state index is 0.621. The molecule has 3 atom stereocenters. The summed E-state index contributed by atoms with van der Waals surface area (Å²) in [5, 5.41) is 11.2. The Labute approximate surface area is 90.4 Å². The van der Waals surface area contributed by atoms with E-state index < -0.39 is 0 Å². The number of rotatable bonds is 3. The summed E-state index contributed by atoms with van der Waals surface area (Å²) in [5.74, 6) is 1.59. The van der Waals surface area contributed by atoms with E-state index in [0.717, 1.165) is 29.8 Å². The van der Waals surface area contributed by atoms with Gasteiger partial charge in [0.1, 0.15) is 11.4 Å². The molecule has 2 rings (SSSR count). The molecule has 1 saturated carbocycles. The van der Waals surface area contributed by atoms with Crippen LogP contribution in [-0.2, 0) is 6.54 Å². The lowest BCUT2D eigenvalue weighted by Gasteiger charge is -2.18. The summed E-state index contributed by atoms with van der Waals surface area (Å²) in [6, 6.07) is 0.621. The van der Waals surface area contributed by atoms with Crippen molar-refractivity contribution in [2.75, 3.05) is 0 Å². The number of hydrogen-bond donors (Lipinski definition) is 1. The summed E-state index contributed by atoms with van der Waals surface area (Å²) < 4.78 is 4.67. The molecule has 1 aromatic rings. The van der Waals surface area contributed by atoms with Crippen LogP contribution in [0.3, 0.4) is 0 Å². The van der Waals surface area contributed by atoms with Crippen LogP contribution in [0.25, 0.3) is 0 Å². The number of nitrogens with zero attached hydrogens (tertiary/aromatic N) is 2. The maximum Gasteiger partial charge on any atom is 0.121 e. The highest BCUT2D eigenvalue weighted by Gasteiger charge is 2.29. The van der Waals surface area contributed by atoms with Crippen molar-refractivity contribution in [2.24, 2.45) is 11.8 Å². The van der Waals surface area contributed by atoms with E-state index >= 15 is 0 Å². The van der Waals surface area contributed by atoms with Gasteiger partial charge in [0, 0.05) is 12.6 Å². The molecule has 1 aliphatic rings. The molecule has 0 aliphatic heterocycles. The third-order valence-electron chi connectivity index (χ3n) is 3.74. The first kappa shape index (κ1) is 10.6. The van der Waals surface area contributed by atoms with E-state index in [1.807, 2.05) is 6.92 Å². The highest BCUT2D eigenvalue weighted by molar-refractivity contribution is 5.04. The quantitative estimate of drug-likeness (QED) is 0.826. The largest absolute Gasteiger partial charge is 0.308 e. The summed E-state index contributed by atoms with van der Waals surface area (Å²) in [5.41, 5.74) is 1.82. The fourth-order valence-electron chi connectivity index (χ4n) is 2.29. The predicted octanol–water partition coefficient (Wildman–Crippen LogP) is 1.90. The number of aromatic nitrogens is 2. The number of hydrogen-bond acceptors (Lipinski definition) is 4. The Morgan fingerprint density at radius 1 is 1.33 bits per heavy atom. The van der Waals surface area contributed by atoms with Gasteiger partial charge in [0.25, 0.3) is 0 Å². The zero-order valence-electron chi connectivity index (χ0n) is 9.66. The van der Waals surface area contributed by atoms with Crippen LogP contribution in [0, 0.1) is 18.8 Å². The van der Waals surface area contributed by atoms with E-state index in [-0.39, 0.29) is 0 Å². The van der Waals surface area contributed by atoms with Crippen molar-refractivity contribution in [3.05, 3.63) is 11.4 Å². The second-order valence-electron chi connectivity index (χ2n) is 4.70. The lowest BCUT2D eigenvalue weighted by molar-refractivity contribution is 0.298. The summed E-state index contributed by atoms with van der Waals surface area (Å²) in [6.07, 6.45) is 2.60. The summed E-state index contributed by atoms with van der Waals surface area (Å²) >= 11 is 0. The van der Waals surface area contributed by atoms with Gasteiger partial charge in [-0.25, -0.2) is 4.63 Å². The molecular weight excluding hydrogens is 190 g/mol. The van der Waals surface area contributed by atoms with Gasteiger partial charge in [0.15, 0.2) is 0 Å². The lowest BCUT2D eigenvalue weighted by atomic mass is 9.98. The molecule has 4 heteroatoms. The van der Waals surface area contributed by atoms with E-state index in [1.165, 1.54) is 12.8 Å². The van der Waals surface area contributed by atoms with Crippen molar-refractivity contribution in [2.45, 2.75) is 46.2 Å². The molecule has 15 heavy (non-hydrogen) atoms. The van der Waals surface area contributed by atoms with Gasteiger partial charge in [0.2, 0.25) is 0 Å². The minimum atomic E-state index is 0.621. The Morgan fingerprint density at radius 2 is 2.13 bits per heavy atom. The second-order valence-corrected chi connectivity index (χ2v) is 4.70. The van der Waals surface area contributed by atoms with E-state index in [0.29, 0.717) is 6.04 Å². The van der Waals surface area contributed by atoms with Gasteiger partial charge in [-0.05, 0) is 31.6 Å². The molecule has 0 bridgehead atoms. The van der Waals surface area contributed by atoms with E-state index in [9.17, 15) is 0 Å². The van der Waals surface area contributed by atoms with Crippen LogP contribution in [0.1, 0.15) is 38.1 Å². The van der Waals surface area contributed by atoms with Crippen molar-refractivity contribution in [3.63, 3.8) is 0 Å². The van der Waals surface area contributed by atoms with E-state index in [1.54, 1.807) is 0 Å². The SMILES string of the molecule is Cc1nonc1CNC1CCC(C)C1C. The standard InChI is InChI=1S/C11H19N3O/c1-7-4-5-10(8(7)2)12-6-11-9(3)13-15-14-11/h7-8,10,12H,4-6H2,1-3H3. The predicted molar refractivity (Wildman–Crippen MR) is 57.2 cm³/mol. The molecule has 0 saturated heterocycles. The Kier molecular flexibility index (Phi) is 3.05. The summed E-state index contributed by atoms with van der Waals surface area (Å²) in [4.78, 5) is 0. The van der Waals surface area contributed by atoms with Gasteiger partial charge < -0.3 is 5.32 Å². The Bertz CT molecular complexity index is 323. The van der Waals surface area contributed by atoms with Crippen molar-refractivity contribution in [3.8, 4) is 0 Å². The van der Waals surface area contributed by atoms with Crippen LogP contribution in [0.5, 0.6) is 0 Å². The topological polar surface area (TPSA) is 51.0 Å². The monoisotopic (exact) mass is 209 g/mol. The first-order chi connectivity index (χ1) is 7.18. The average molecular weight is 209 g/mol. The molecule has 0 amide bonds. The molecule has 0 aromatic carbocycles. The summed E-state index contributed by atoms with van der Waals surface area (Å²) in [7, 11) is 0. The molecule has 1 aliphatic carbocycles. The van der Waals surface area contributed by atoms with Crippen LogP contribution in [0.4, 0.5) is 0 Å². The maximum atomic E-state index is 4.67. The van der Waals surface area contributed by atoms with Gasteiger partial charge in [-0.3, -0.25) is 0 Å². The first-order valence-electron chi connectivity index (χ1n) is 5.70. The highest BCUT2D eigenvalue weighted by Crippen LogP contribution is 2.31. The van der Waals surface area contributed by atoms with E-state index in [4.69, 9.17) is 0 Å². The van der Waals surface area contributed by atoms with Gasteiger partial charge >= 0.3 is 0 Å². The van der Waals surface area contributed by atoms with Gasteiger partial charge in [-0.1, -0.05) is 24.2 Å². The summed E-state index contributed by atoms with van der Waals surface area (Å²) in [6.45, 7) is 7.35. The Morgan fingerprint density at radius 3 is 2.67 bits per heavy atom. The normalized spacial score (nSPS) is 31.0. The van der Waals surface area contributed by atoms with Gasteiger partial charge in [-0.15, -0.1) is 0 Å². The molecule has 1 heterocycles.